The molecule has 0 spiro atoms. The molecule has 11 nitrogen and oxygen atoms in total. The third kappa shape index (κ3) is 3.86. The molecule has 1 fully saturated rings. The van der Waals surface area contributed by atoms with Crippen molar-refractivity contribution < 1.29 is 15.0 Å². The van der Waals surface area contributed by atoms with Gasteiger partial charge in [0.05, 0.1) is 35.1 Å². The third-order valence-electron chi connectivity index (χ3n) is 6.66. The molecule has 0 aliphatic carbocycles. The van der Waals surface area contributed by atoms with Gasteiger partial charge < -0.3 is 30.0 Å². The molecule has 4 heterocycles. The molecule has 11 heteroatoms. The Morgan fingerprint density at radius 3 is 2.85 bits per heavy atom. The molecular weight excluding hydrogens is 436 g/mol. The number of carbonyl (C=O) groups is 1. The van der Waals surface area contributed by atoms with Gasteiger partial charge in [-0.25, -0.2) is 19.9 Å². The first-order valence-electron chi connectivity index (χ1n) is 11.3. The molecule has 0 bridgehead atoms. The standard InChI is InChI=1S/C23H28N8O3/c1-14-28-16-5-3-4-6-17(16)30(14)8-7-19(33)29-10-15(32)9-23(2,34)18(11-29)31-13-27-20-21(24)25-12-26-22(20)31/h3-6,12-13,15,18,32,34H,7-11H2,1-2H3,(H2,24,25,26)/t15-,18+,23+/m1/s1. The predicted octanol–water partition coefficient (Wildman–Crippen LogP) is 1.04. The van der Waals surface area contributed by atoms with Gasteiger partial charge in [-0.3, -0.25) is 4.79 Å². The van der Waals surface area contributed by atoms with Crippen molar-refractivity contribution in [2.45, 2.75) is 51.0 Å². The maximum Gasteiger partial charge on any atom is 0.224 e. The summed E-state index contributed by atoms with van der Waals surface area (Å²) in [6.45, 7) is 4.38. The van der Waals surface area contributed by atoms with Crippen LogP contribution in [0.5, 0.6) is 0 Å². The van der Waals surface area contributed by atoms with Gasteiger partial charge in [0.2, 0.25) is 5.91 Å². The smallest absolute Gasteiger partial charge is 0.224 e. The quantitative estimate of drug-likeness (QED) is 0.406. The lowest BCUT2D eigenvalue weighted by Crippen LogP contribution is -2.42. The number of likely N-dealkylation sites (tertiary alicyclic amines) is 1. The highest BCUT2D eigenvalue weighted by Gasteiger charge is 2.42. The van der Waals surface area contributed by atoms with Gasteiger partial charge in [0.15, 0.2) is 11.5 Å². The van der Waals surface area contributed by atoms with Crippen molar-refractivity contribution in [1.29, 1.82) is 0 Å². The summed E-state index contributed by atoms with van der Waals surface area (Å²) in [5.41, 5.74) is 7.40. The van der Waals surface area contributed by atoms with E-state index in [0.717, 1.165) is 16.9 Å². The van der Waals surface area contributed by atoms with Crippen molar-refractivity contribution in [3.8, 4) is 0 Å². The summed E-state index contributed by atoms with van der Waals surface area (Å²) in [5, 5.41) is 21.9. The van der Waals surface area contributed by atoms with E-state index in [9.17, 15) is 15.0 Å². The molecule has 0 radical (unpaired) electrons. The minimum atomic E-state index is -1.31. The van der Waals surface area contributed by atoms with Crippen LogP contribution in [0.15, 0.2) is 36.9 Å². The maximum absolute atomic E-state index is 13.3. The van der Waals surface area contributed by atoms with E-state index in [0.29, 0.717) is 17.7 Å². The lowest BCUT2D eigenvalue weighted by atomic mass is 9.91. The summed E-state index contributed by atoms with van der Waals surface area (Å²) < 4.78 is 3.75. The predicted molar refractivity (Wildman–Crippen MR) is 126 cm³/mol. The number of nitrogens with zero attached hydrogens (tertiary/aromatic N) is 7. The zero-order chi connectivity index (χ0) is 24.0. The number of benzene rings is 1. The number of anilines is 1. The number of rotatable bonds is 4. The average Bonchev–Trinajstić information content (AvgIpc) is 3.32. The summed E-state index contributed by atoms with van der Waals surface area (Å²) in [7, 11) is 0. The number of nitrogen functional groups attached to an aromatic ring is 1. The molecule has 3 aromatic heterocycles. The Balaban J connectivity index is 1.41. The SMILES string of the molecule is Cc1nc2ccccc2n1CCC(=O)N1C[C@H](O)C[C@](C)(O)[C@@H](n2cnc3c(N)ncnc32)C1. The molecule has 4 N–H and O–H groups in total. The zero-order valence-electron chi connectivity index (χ0n) is 19.2. The van der Waals surface area contributed by atoms with Gasteiger partial charge in [0.1, 0.15) is 17.7 Å². The van der Waals surface area contributed by atoms with Crippen molar-refractivity contribution in [1.82, 2.24) is 34.0 Å². The maximum atomic E-state index is 13.3. The van der Waals surface area contributed by atoms with E-state index in [4.69, 9.17) is 5.73 Å². The molecule has 0 unspecified atom stereocenters. The van der Waals surface area contributed by atoms with Gasteiger partial charge in [-0.15, -0.1) is 0 Å². The number of fused-ring (bicyclic) bond motifs is 2. The number of aromatic nitrogens is 6. The third-order valence-corrected chi connectivity index (χ3v) is 6.66. The highest BCUT2D eigenvalue weighted by Crippen LogP contribution is 2.34. The van der Waals surface area contributed by atoms with E-state index in [1.54, 1.807) is 22.7 Å². The Morgan fingerprint density at radius 1 is 1.24 bits per heavy atom. The van der Waals surface area contributed by atoms with Crippen molar-refractivity contribution >= 4 is 33.9 Å². The monoisotopic (exact) mass is 464 g/mol. The summed E-state index contributed by atoms with van der Waals surface area (Å²) in [6, 6.07) is 7.24. The minimum absolute atomic E-state index is 0.104. The van der Waals surface area contributed by atoms with Gasteiger partial charge >= 0.3 is 0 Å². The van der Waals surface area contributed by atoms with Gasteiger partial charge in [0, 0.05) is 32.5 Å². The fourth-order valence-electron chi connectivity index (χ4n) is 4.95. The molecule has 1 aliphatic rings. The molecular formula is C23H28N8O3. The van der Waals surface area contributed by atoms with E-state index in [1.165, 1.54) is 6.33 Å². The van der Waals surface area contributed by atoms with Crippen LogP contribution in [0.4, 0.5) is 5.82 Å². The number of amides is 1. The van der Waals surface area contributed by atoms with E-state index in [2.05, 4.69) is 19.9 Å². The summed E-state index contributed by atoms with van der Waals surface area (Å²) in [4.78, 5) is 32.1. The number of aliphatic hydroxyl groups is 2. The number of nitrogens with two attached hydrogens (primary N) is 1. The largest absolute Gasteiger partial charge is 0.391 e. The van der Waals surface area contributed by atoms with Crippen LogP contribution in [0.25, 0.3) is 22.2 Å². The van der Waals surface area contributed by atoms with E-state index >= 15 is 0 Å². The van der Waals surface area contributed by atoms with Crippen LogP contribution in [-0.4, -0.2) is 74.9 Å². The number of imidazole rings is 2. The highest BCUT2D eigenvalue weighted by molar-refractivity contribution is 5.81. The highest BCUT2D eigenvalue weighted by atomic mass is 16.3. The van der Waals surface area contributed by atoms with Gasteiger partial charge in [-0.05, 0) is 26.0 Å². The lowest BCUT2D eigenvalue weighted by Gasteiger charge is -2.34. The van der Waals surface area contributed by atoms with Crippen LogP contribution in [0.2, 0.25) is 0 Å². The van der Waals surface area contributed by atoms with Crippen LogP contribution in [0.3, 0.4) is 0 Å². The number of hydrogen-bond acceptors (Lipinski definition) is 8. The Bertz CT molecular complexity index is 1360. The Kier molecular flexibility index (Phi) is 5.45. The van der Waals surface area contributed by atoms with E-state index < -0.39 is 17.7 Å². The number of para-hydroxylation sites is 2. The summed E-state index contributed by atoms with van der Waals surface area (Å²) >= 11 is 0. The second-order valence-corrected chi connectivity index (χ2v) is 9.16. The number of aryl methyl sites for hydroxylation is 2. The number of carbonyl (C=O) groups excluding carboxylic acids is 1. The number of hydrogen-bond donors (Lipinski definition) is 3. The molecule has 1 saturated heterocycles. The summed E-state index contributed by atoms with van der Waals surface area (Å²) in [5.74, 6) is 0.971. The fraction of sp³-hybridized carbons (Fsp3) is 0.435. The topological polar surface area (TPSA) is 148 Å². The first-order valence-corrected chi connectivity index (χ1v) is 11.3. The van der Waals surface area contributed by atoms with Crippen LogP contribution >= 0.6 is 0 Å². The lowest BCUT2D eigenvalue weighted by molar-refractivity contribution is -0.133. The van der Waals surface area contributed by atoms with Gasteiger partial charge in [-0.2, -0.15) is 0 Å². The van der Waals surface area contributed by atoms with Crippen LogP contribution in [-0.2, 0) is 11.3 Å². The molecule has 34 heavy (non-hydrogen) atoms. The second kappa shape index (κ2) is 8.33. The van der Waals surface area contributed by atoms with Crippen LogP contribution < -0.4 is 5.73 Å². The van der Waals surface area contributed by atoms with E-state index in [1.807, 2.05) is 35.8 Å². The average molecular weight is 465 g/mol. The molecule has 5 rings (SSSR count). The van der Waals surface area contributed by atoms with Crippen molar-refractivity contribution in [2.75, 3.05) is 18.8 Å². The normalized spacial score (nSPS) is 23.5. The molecule has 1 aliphatic heterocycles. The van der Waals surface area contributed by atoms with Crippen LogP contribution in [0, 0.1) is 6.92 Å². The Hall–Kier alpha value is -3.57. The van der Waals surface area contributed by atoms with E-state index in [-0.39, 0.29) is 37.7 Å². The number of aliphatic hydroxyl groups excluding tert-OH is 1. The molecule has 0 saturated carbocycles. The van der Waals surface area contributed by atoms with Crippen molar-refractivity contribution in [2.24, 2.45) is 0 Å². The first kappa shape index (κ1) is 22.2. The second-order valence-electron chi connectivity index (χ2n) is 9.16. The molecule has 3 atom stereocenters. The molecule has 1 aromatic carbocycles. The number of β-amino-alcohol motifs (C(OH)–C–C–N with tert-alkyl or cyclic N) is 1. The minimum Gasteiger partial charge on any atom is -0.391 e. The Labute approximate surface area is 195 Å². The fourth-order valence-corrected chi connectivity index (χ4v) is 4.95. The van der Waals surface area contributed by atoms with Gasteiger partial charge in [0.25, 0.3) is 0 Å². The molecule has 178 valence electrons. The van der Waals surface area contributed by atoms with Crippen molar-refractivity contribution in [3.05, 3.63) is 42.7 Å². The van der Waals surface area contributed by atoms with Crippen LogP contribution in [0.1, 0.15) is 31.6 Å². The molecule has 1 amide bonds. The summed E-state index contributed by atoms with van der Waals surface area (Å²) in [6.07, 6.45) is 2.37. The first-order chi connectivity index (χ1) is 16.2. The van der Waals surface area contributed by atoms with Gasteiger partial charge in [-0.1, -0.05) is 12.1 Å². The zero-order valence-corrected chi connectivity index (χ0v) is 19.2. The Morgan fingerprint density at radius 2 is 2.03 bits per heavy atom. The van der Waals surface area contributed by atoms with Crippen molar-refractivity contribution in [3.63, 3.8) is 0 Å². The molecule has 4 aromatic rings.